The summed E-state index contributed by atoms with van der Waals surface area (Å²) in [7, 11) is 1.58. The van der Waals surface area contributed by atoms with E-state index in [4.69, 9.17) is 4.74 Å². The molecule has 0 saturated heterocycles. The first-order valence-electron chi connectivity index (χ1n) is 11.6. The quantitative estimate of drug-likeness (QED) is 0.467. The number of nitrogens with zero attached hydrogens (tertiary/aromatic N) is 2. The molecule has 3 rings (SSSR count). The van der Waals surface area contributed by atoms with Gasteiger partial charge in [-0.25, -0.2) is 0 Å². The predicted octanol–water partition coefficient (Wildman–Crippen LogP) is 3.31. The van der Waals surface area contributed by atoms with Crippen molar-refractivity contribution in [2.24, 2.45) is 5.92 Å². The van der Waals surface area contributed by atoms with E-state index in [2.05, 4.69) is 29.5 Å². The Morgan fingerprint density at radius 2 is 1.69 bits per heavy atom. The van der Waals surface area contributed by atoms with E-state index in [0.717, 1.165) is 17.7 Å². The number of rotatable bonds is 10. The van der Waals surface area contributed by atoms with Gasteiger partial charge in [-0.3, -0.25) is 19.4 Å². The Hall–Kier alpha value is -3.94. The number of ether oxygens (including phenoxy) is 1. The van der Waals surface area contributed by atoms with Gasteiger partial charge in [-0.2, -0.15) is 0 Å². The average Bonchev–Trinajstić information content (AvgIpc) is 2.83. The summed E-state index contributed by atoms with van der Waals surface area (Å²) in [5.74, 6) is 0.0128. The molecule has 1 aromatic carbocycles. The molecule has 8 heteroatoms. The predicted molar refractivity (Wildman–Crippen MR) is 135 cm³/mol. The van der Waals surface area contributed by atoms with Crippen LogP contribution in [0.1, 0.15) is 57.9 Å². The number of benzene rings is 1. The SMILES string of the molecule is COc1ccccc1Cn1cc(C(=O)NCCC(C)C)c(=O)c(C(=O)NCc2cccc(C)n2)c1. The zero-order valence-electron chi connectivity index (χ0n) is 20.6. The minimum absolute atomic E-state index is 0.0787. The highest BCUT2D eigenvalue weighted by atomic mass is 16.5. The van der Waals surface area contributed by atoms with Crippen LogP contribution in [0.3, 0.4) is 0 Å². The molecule has 2 amide bonds. The molecule has 0 bridgehead atoms. The molecule has 2 N–H and O–H groups in total. The number of carbonyl (C=O) groups is 2. The van der Waals surface area contributed by atoms with Crippen LogP contribution < -0.4 is 20.8 Å². The molecule has 2 aromatic heterocycles. The number of carbonyl (C=O) groups excluding carboxylic acids is 2. The Morgan fingerprint density at radius 1 is 1.00 bits per heavy atom. The molecule has 0 atom stereocenters. The van der Waals surface area contributed by atoms with Gasteiger partial charge in [0.15, 0.2) is 0 Å². The molecule has 0 aliphatic rings. The van der Waals surface area contributed by atoms with Crippen molar-refractivity contribution >= 4 is 11.8 Å². The molecule has 0 aliphatic heterocycles. The van der Waals surface area contributed by atoms with E-state index in [1.54, 1.807) is 17.7 Å². The summed E-state index contributed by atoms with van der Waals surface area (Å²) in [5, 5.41) is 5.55. The normalized spacial score (nSPS) is 10.8. The van der Waals surface area contributed by atoms with Gasteiger partial charge in [0.05, 0.1) is 25.9 Å². The molecule has 184 valence electrons. The van der Waals surface area contributed by atoms with Crippen molar-refractivity contribution in [2.45, 2.75) is 40.3 Å². The summed E-state index contributed by atoms with van der Waals surface area (Å²) < 4.78 is 7.09. The van der Waals surface area contributed by atoms with Crippen LogP contribution >= 0.6 is 0 Å². The van der Waals surface area contributed by atoms with E-state index in [-0.39, 0.29) is 17.7 Å². The van der Waals surface area contributed by atoms with Gasteiger partial charge in [-0.05, 0) is 37.5 Å². The number of para-hydroxylation sites is 1. The Kier molecular flexibility index (Phi) is 8.78. The van der Waals surface area contributed by atoms with Crippen LogP contribution in [-0.4, -0.2) is 35.0 Å². The summed E-state index contributed by atoms with van der Waals surface area (Å²) in [6, 6.07) is 13.0. The van der Waals surface area contributed by atoms with E-state index in [1.807, 2.05) is 43.3 Å². The van der Waals surface area contributed by atoms with Crippen LogP contribution in [0.2, 0.25) is 0 Å². The largest absolute Gasteiger partial charge is 0.496 e. The topological polar surface area (TPSA) is 102 Å². The van der Waals surface area contributed by atoms with Gasteiger partial charge in [-0.1, -0.05) is 38.1 Å². The second-order valence-electron chi connectivity index (χ2n) is 8.79. The molecule has 2 heterocycles. The van der Waals surface area contributed by atoms with E-state index in [0.29, 0.717) is 30.5 Å². The van der Waals surface area contributed by atoms with E-state index < -0.39 is 17.2 Å². The summed E-state index contributed by atoms with van der Waals surface area (Å²) in [6.07, 6.45) is 3.74. The Bertz CT molecular complexity index is 1250. The molecule has 0 radical (unpaired) electrons. The van der Waals surface area contributed by atoms with Gasteiger partial charge in [0.2, 0.25) is 5.43 Å². The van der Waals surface area contributed by atoms with Crippen LogP contribution in [0.5, 0.6) is 5.75 Å². The van der Waals surface area contributed by atoms with Crippen molar-refractivity contribution in [3.8, 4) is 5.75 Å². The van der Waals surface area contributed by atoms with Crippen LogP contribution in [0.25, 0.3) is 0 Å². The third-order valence-electron chi connectivity index (χ3n) is 5.50. The fraction of sp³-hybridized carbons (Fsp3) is 0.333. The zero-order valence-corrected chi connectivity index (χ0v) is 20.6. The summed E-state index contributed by atoms with van der Waals surface area (Å²) in [6.45, 7) is 6.90. The monoisotopic (exact) mass is 476 g/mol. The van der Waals surface area contributed by atoms with Gasteiger partial charge in [-0.15, -0.1) is 0 Å². The summed E-state index contributed by atoms with van der Waals surface area (Å²) >= 11 is 0. The van der Waals surface area contributed by atoms with Crippen LogP contribution in [0.15, 0.2) is 59.7 Å². The standard InChI is InChI=1S/C27H32N4O4/c1-18(2)12-13-28-26(33)22-16-31(15-20-9-5-6-11-24(20)35-4)17-23(25(22)32)27(34)29-14-21-10-7-8-19(3)30-21/h5-11,16-18H,12-15H2,1-4H3,(H,28,33)(H,29,34). The Labute approximate surface area is 205 Å². The Balaban J connectivity index is 1.92. The molecule has 0 aliphatic carbocycles. The number of methoxy groups -OCH3 is 1. The molecule has 8 nitrogen and oxygen atoms in total. The van der Waals surface area contributed by atoms with Crippen molar-refractivity contribution in [3.63, 3.8) is 0 Å². The number of nitrogens with one attached hydrogen (secondary N) is 2. The Morgan fingerprint density at radius 3 is 2.34 bits per heavy atom. The second kappa shape index (κ2) is 12.0. The first-order chi connectivity index (χ1) is 16.8. The molecule has 0 unspecified atom stereocenters. The van der Waals surface area contributed by atoms with Gasteiger partial charge in [0, 0.05) is 30.2 Å². The highest BCUT2D eigenvalue weighted by Crippen LogP contribution is 2.18. The lowest BCUT2D eigenvalue weighted by Crippen LogP contribution is -2.36. The maximum atomic E-state index is 13.2. The number of aryl methyl sites for hydroxylation is 1. The smallest absolute Gasteiger partial charge is 0.257 e. The maximum absolute atomic E-state index is 13.2. The zero-order chi connectivity index (χ0) is 25.4. The number of amides is 2. The lowest BCUT2D eigenvalue weighted by molar-refractivity contribution is 0.0948. The molecular formula is C27H32N4O4. The minimum atomic E-state index is -0.613. The highest BCUT2D eigenvalue weighted by molar-refractivity contribution is 5.99. The third-order valence-corrected chi connectivity index (χ3v) is 5.50. The van der Waals surface area contributed by atoms with E-state index >= 15 is 0 Å². The van der Waals surface area contributed by atoms with E-state index in [9.17, 15) is 14.4 Å². The van der Waals surface area contributed by atoms with Crippen molar-refractivity contribution < 1.29 is 14.3 Å². The highest BCUT2D eigenvalue weighted by Gasteiger charge is 2.20. The minimum Gasteiger partial charge on any atom is -0.496 e. The van der Waals surface area contributed by atoms with Gasteiger partial charge < -0.3 is 19.9 Å². The maximum Gasteiger partial charge on any atom is 0.257 e. The molecule has 3 aromatic rings. The van der Waals surface area contributed by atoms with Crippen LogP contribution in [0, 0.1) is 12.8 Å². The first kappa shape index (κ1) is 25.7. The third kappa shape index (κ3) is 7.02. The second-order valence-corrected chi connectivity index (χ2v) is 8.79. The summed E-state index contributed by atoms with van der Waals surface area (Å²) in [5.41, 5.74) is 1.55. The van der Waals surface area contributed by atoms with Crippen molar-refractivity contribution in [1.82, 2.24) is 20.2 Å². The number of hydrogen-bond donors (Lipinski definition) is 2. The first-order valence-corrected chi connectivity index (χ1v) is 11.6. The van der Waals surface area contributed by atoms with Crippen molar-refractivity contribution in [2.75, 3.05) is 13.7 Å². The van der Waals surface area contributed by atoms with E-state index in [1.165, 1.54) is 12.4 Å². The van der Waals surface area contributed by atoms with Crippen molar-refractivity contribution in [3.05, 3.63) is 93.2 Å². The van der Waals surface area contributed by atoms with Gasteiger partial charge in [0.1, 0.15) is 16.9 Å². The molecule has 0 spiro atoms. The fourth-order valence-corrected chi connectivity index (χ4v) is 3.61. The van der Waals surface area contributed by atoms with Gasteiger partial charge >= 0.3 is 0 Å². The molecule has 35 heavy (non-hydrogen) atoms. The number of aromatic nitrogens is 2. The average molecular weight is 477 g/mol. The molecule has 0 saturated carbocycles. The summed E-state index contributed by atoms with van der Waals surface area (Å²) in [4.78, 5) is 43.4. The van der Waals surface area contributed by atoms with Crippen molar-refractivity contribution in [1.29, 1.82) is 0 Å². The van der Waals surface area contributed by atoms with Crippen LogP contribution in [0.4, 0.5) is 0 Å². The number of hydrogen-bond acceptors (Lipinski definition) is 5. The molecule has 0 fully saturated rings. The lowest BCUT2D eigenvalue weighted by atomic mass is 10.1. The molecular weight excluding hydrogens is 444 g/mol. The van der Waals surface area contributed by atoms with Gasteiger partial charge in [0.25, 0.3) is 11.8 Å². The van der Waals surface area contributed by atoms with Crippen LogP contribution in [-0.2, 0) is 13.1 Å². The lowest BCUT2D eigenvalue weighted by Gasteiger charge is -2.15. The fourth-order valence-electron chi connectivity index (χ4n) is 3.61. The number of pyridine rings is 2.